The van der Waals surface area contributed by atoms with Crippen molar-refractivity contribution in [3.63, 3.8) is 0 Å². The van der Waals surface area contributed by atoms with E-state index in [0.717, 1.165) is 27.0 Å². The molecule has 7 heteroatoms. The summed E-state index contributed by atoms with van der Waals surface area (Å²) in [6, 6.07) is 70.4. The normalized spacial score (nSPS) is 16.4. The molecule has 1 aliphatic heterocycles. The maximum atomic E-state index is 6.47. The van der Waals surface area contributed by atoms with Crippen LogP contribution in [-0.2, 0) is 20.1 Å². The highest BCUT2D eigenvalue weighted by atomic mass is 79.9. The summed E-state index contributed by atoms with van der Waals surface area (Å²) < 4.78 is 19.4. The lowest BCUT2D eigenvalue weighted by Gasteiger charge is -2.32. The maximum absolute atomic E-state index is 6.47. The number of anilines is 3. The molecule has 0 saturated carbocycles. The third kappa shape index (κ3) is 7.33. The molecule has 0 radical (unpaired) electrons. The van der Waals surface area contributed by atoms with E-state index in [9.17, 15) is 0 Å². The summed E-state index contributed by atoms with van der Waals surface area (Å²) in [5, 5.41) is 2.68. The van der Waals surface area contributed by atoms with Crippen LogP contribution in [0.2, 0.25) is 0 Å². The van der Waals surface area contributed by atoms with Gasteiger partial charge in [-0.25, -0.2) is 0 Å². The molecule has 11 aromatic rings. The first kappa shape index (κ1) is 46.9. The minimum absolute atomic E-state index is 0.156. The van der Waals surface area contributed by atoms with Crippen molar-refractivity contribution in [1.29, 1.82) is 0 Å². The number of rotatable bonds is 7. The van der Waals surface area contributed by atoms with Gasteiger partial charge in [-0.1, -0.05) is 153 Å². The maximum Gasteiger partial charge on any atom is 0.494 e. The topological polar surface area (TPSA) is 21.7 Å². The number of halogens is 1. The molecule has 0 N–H and O–H groups in total. The first-order valence-electron chi connectivity index (χ1n) is 26.1. The molecular formula is C68H55BBrNO2S2. The van der Waals surface area contributed by atoms with Crippen molar-refractivity contribution in [3.8, 4) is 55.6 Å². The fourth-order valence-corrected chi connectivity index (χ4v) is 15.2. The Morgan fingerprint density at radius 1 is 0.387 bits per heavy atom. The average molecular weight is 1070 g/mol. The highest BCUT2D eigenvalue weighted by molar-refractivity contribution is 9.10. The highest BCUT2D eigenvalue weighted by Gasteiger charge is 2.52. The summed E-state index contributed by atoms with van der Waals surface area (Å²) in [4.78, 5) is 2.31. The second kappa shape index (κ2) is 16.7. The molecule has 1 fully saturated rings. The molecular weight excluding hydrogens is 1020 g/mol. The summed E-state index contributed by atoms with van der Waals surface area (Å²) in [5.74, 6) is 0. The first-order valence-corrected chi connectivity index (χ1v) is 28.5. The molecule has 0 atom stereocenters. The Morgan fingerprint density at radius 2 is 0.760 bits per heavy atom. The fraction of sp³-hybridized carbons (Fsp3) is 0.176. The summed E-state index contributed by atoms with van der Waals surface area (Å²) in [5.41, 5.74) is 21.6. The molecule has 2 aromatic heterocycles. The molecule has 0 amide bonds. The van der Waals surface area contributed by atoms with Gasteiger partial charge in [0.15, 0.2) is 0 Å². The van der Waals surface area contributed by atoms with Gasteiger partial charge < -0.3 is 14.2 Å². The Labute approximate surface area is 456 Å². The van der Waals surface area contributed by atoms with E-state index in [4.69, 9.17) is 9.31 Å². The van der Waals surface area contributed by atoms with Crippen molar-refractivity contribution in [2.75, 3.05) is 4.90 Å². The van der Waals surface area contributed by atoms with Crippen LogP contribution in [0.25, 0.3) is 85.2 Å². The molecule has 3 aliphatic rings. The van der Waals surface area contributed by atoms with Crippen molar-refractivity contribution >= 4 is 97.8 Å². The Morgan fingerprint density at radius 3 is 1.24 bits per heavy atom. The van der Waals surface area contributed by atoms with E-state index in [1.807, 2.05) is 22.7 Å². The average Bonchev–Trinajstić information content (AvgIpc) is 4.15. The lowest BCUT2D eigenvalue weighted by atomic mass is 9.74. The van der Waals surface area contributed by atoms with E-state index in [1.165, 1.54) is 107 Å². The van der Waals surface area contributed by atoms with Crippen LogP contribution < -0.4 is 10.4 Å². The second-order valence-corrected chi connectivity index (χ2v) is 25.9. The van der Waals surface area contributed by atoms with E-state index < -0.39 is 0 Å². The predicted octanol–water partition coefficient (Wildman–Crippen LogP) is 19.4. The van der Waals surface area contributed by atoms with Crippen molar-refractivity contribution in [3.05, 3.63) is 215 Å². The molecule has 9 aromatic carbocycles. The molecule has 3 heterocycles. The van der Waals surface area contributed by atoms with Gasteiger partial charge in [0.1, 0.15) is 0 Å². The van der Waals surface area contributed by atoms with E-state index >= 15 is 0 Å². The lowest BCUT2D eigenvalue weighted by molar-refractivity contribution is 0.00578. The fourth-order valence-electron chi connectivity index (χ4n) is 12.2. The molecule has 75 heavy (non-hydrogen) atoms. The zero-order valence-electron chi connectivity index (χ0n) is 43.4. The minimum Gasteiger partial charge on any atom is -0.399 e. The van der Waals surface area contributed by atoms with Crippen LogP contribution in [0.4, 0.5) is 17.1 Å². The Hall–Kier alpha value is -6.58. The van der Waals surface area contributed by atoms with Crippen LogP contribution in [0.5, 0.6) is 0 Å². The predicted molar refractivity (Wildman–Crippen MR) is 324 cm³/mol. The van der Waals surface area contributed by atoms with Crippen molar-refractivity contribution in [2.24, 2.45) is 0 Å². The smallest absolute Gasteiger partial charge is 0.399 e. The minimum atomic E-state index is -0.381. The SMILES string of the molecule is CC1(C)c2cc(B3OC(C)(C)C(C)(C)O3)ccc2-c2ccc(-c3ccc4c(c3)sc3c5ccc(-c6ccc7c(c6)C(C)(C)c6cc(-c8ccc(N(c9ccccc9)c9ccc(Br)cc9)cc8)ccc6-7)cc5sc43)cc21. The number of para-hydroxylation sites is 1. The van der Waals surface area contributed by atoms with E-state index in [2.05, 4.69) is 264 Å². The van der Waals surface area contributed by atoms with Gasteiger partial charge in [-0.05, 0) is 190 Å². The zero-order chi connectivity index (χ0) is 51.3. The van der Waals surface area contributed by atoms with Gasteiger partial charge in [0.2, 0.25) is 0 Å². The summed E-state index contributed by atoms with van der Waals surface area (Å²) >= 11 is 7.47. The van der Waals surface area contributed by atoms with Crippen molar-refractivity contribution in [2.45, 2.75) is 77.4 Å². The largest absolute Gasteiger partial charge is 0.494 e. The van der Waals surface area contributed by atoms with E-state index in [0.29, 0.717) is 0 Å². The summed E-state index contributed by atoms with van der Waals surface area (Å²) in [6.45, 7) is 18.0. The van der Waals surface area contributed by atoms with Crippen LogP contribution in [0.1, 0.15) is 77.6 Å². The van der Waals surface area contributed by atoms with Gasteiger partial charge in [-0.15, -0.1) is 22.7 Å². The lowest BCUT2D eigenvalue weighted by Crippen LogP contribution is -2.41. The third-order valence-electron chi connectivity index (χ3n) is 17.2. The monoisotopic (exact) mass is 1070 g/mol. The molecule has 0 spiro atoms. The number of thiophene rings is 2. The Bertz CT molecular complexity index is 4130. The standard InChI is InChI=1S/C68H55BBrNO2S2/c1-65(2)57-34-41(40-14-24-49(25-15-40)71(48-12-10-9-11-13-48)50-26-22-47(70)23-27-50)16-28-51(57)52-29-17-42(35-58(52)65)44-19-31-55-61(37-44)74-64-56-32-20-45(38-62(56)75-63(55)64)43-18-30-53-54-33-21-46(39-60(54)66(3,4)59(53)36-43)69-72-67(5,6)68(7,8)73-69/h9-39H,1-8H3. The molecule has 2 aliphatic carbocycles. The van der Waals surface area contributed by atoms with Gasteiger partial charge >= 0.3 is 7.12 Å². The summed E-state index contributed by atoms with van der Waals surface area (Å²) in [6.07, 6.45) is 0. The Kier molecular flexibility index (Phi) is 10.5. The zero-order valence-corrected chi connectivity index (χ0v) is 46.7. The molecule has 3 nitrogen and oxygen atoms in total. The number of hydrogen-bond acceptors (Lipinski definition) is 5. The highest BCUT2D eigenvalue weighted by Crippen LogP contribution is 2.53. The van der Waals surface area contributed by atoms with Crippen molar-refractivity contribution in [1.82, 2.24) is 0 Å². The van der Waals surface area contributed by atoms with E-state index in [-0.39, 0.29) is 29.2 Å². The number of nitrogens with zero attached hydrogens (tertiary/aromatic N) is 1. The van der Waals surface area contributed by atoms with Gasteiger partial charge in [0, 0.05) is 52.5 Å². The molecule has 1 saturated heterocycles. The molecule has 0 unspecified atom stereocenters. The van der Waals surface area contributed by atoms with Crippen LogP contribution in [0, 0.1) is 0 Å². The van der Waals surface area contributed by atoms with Gasteiger partial charge in [-0.2, -0.15) is 0 Å². The van der Waals surface area contributed by atoms with Crippen LogP contribution in [-0.4, -0.2) is 18.3 Å². The first-order chi connectivity index (χ1) is 36.0. The van der Waals surface area contributed by atoms with Gasteiger partial charge in [0.25, 0.3) is 0 Å². The van der Waals surface area contributed by atoms with Gasteiger partial charge in [-0.3, -0.25) is 0 Å². The second-order valence-electron chi connectivity index (χ2n) is 22.9. The number of fused-ring (bicyclic) bond motifs is 11. The van der Waals surface area contributed by atoms with Crippen molar-refractivity contribution < 1.29 is 9.31 Å². The van der Waals surface area contributed by atoms with Crippen LogP contribution >= 0.6 is 38.6 Å². The molecule has 14 rings (SSSR count). The van der Waals surface area contributed by atoms with E-state index in [1.54, 1.807) is 0 Å². The van der Waals surface area contributed by atoms with Crippen LogP contribution in [0.15, 0.2) is 193 Å². The number of hydrogen-bond donors (Lipinski definition) is 0. The summed E-state index contributed by atoms with van der Waals surface area (Å²) in [7, 11) is -0.381. The quantitative estimate of drug-likeness (QED) is 0.149. The number of benzene rings is 9. The molecule has 0 bridgehead atoms. The Balaban J connectivity index is 0.723. The third-order valence-corrected chi connectivity index (χ3v) is 20.2. The van der Waals surface area contributed by atoms with Crippen LogP contribution in [0.3, 0.4) is 0 Å². The van der Waals surface area contributed by atoms with Gasteiger partial charge in [0.05, 0.1) is 20.6 Å². The molecule has 366 valence electrons.